The van der Waals surface area contributed by atoms with Crippen molar-refractivity contribution in [3.63, 3.8) is 0 Å². The zero-order chi connectivity index (χ0) is 20.8. The molecular weight excluding hydrogens is 408 g/mol. The Morgan fingerprint density at radius 1 is 0.806 bits per heavy atom. The summed E-state index contributed by atoms with van der Waals surface area (Å²) >= 11 is 6.09. The van der Waals surface area contributed by atoms with Crippen molar-refractivity contribution in [3.05, 3.63) is 64.8 Å². The van der Waals surface area contributed by atoms with E-state index in [0.29, 0.717) is 0 Å². The molecule has 1 fully saturated rings. The third-order valence-corrected chi connectivity index (χ3v) is 6.54. The topological polar surface area (TPSA) is 60.9 Å². The average molecular weight is 431 g/mol. The lowest BCUT2D eigenvalue weighted by Crippen LogP contribution is -2.33. The van der Waals surface area contributed by atoms with E-state index in [9.17, 15) is 0 Å². The number of hydrogen-bond acceptors (Lipinski definition) is 5. The Morgan fingerprint density at radius 2 is 1.48 bits per heavy atom. The Bertz CT molecular complexity index is 1240. The van der Waals surface area contributed by atoms with E-state index in [1.165, 1.54) is 24.1 Å². The molecule has 4 heterocycles. The fourth-order valence-electron chi connectivity index (χ4n) is 4.66. The summed E-state index contributed by atoms with van der Waals surface area (Å²) < 4.78 is 0. The predicted octanol–water partition coefficient (Wildman–Crippen LogP) is 4.84. The van der Waals surface area contributed by atoms with Crippen LogP contribution in [0, 0.1) is 0 Å². The van der Waals surface area contributed by atoms with E-state index in [-0.39, 0.29) is 0 Å². The minimum Gasteiger partial charge on any atom is -0.354 e. The molecule has 31 heavy (non-hydrogen) atoms. The van der Waals surface area contributed by atoms with Gasteiger partial charge in [-0.05, 0) is 37.1 Å². The summed E-state index contributed by atoms with van der Waals surface area (Å²) in [5, 5.41) is 8.62. The first-order chi connectivity index (χ1) is 15.3. The van der Waals surface area contributed by atoms with E-state index < -0.39 is 0 Å². The van der Waals surface area contributed by atoms with Crippen LogP contribution in [0.5, 0.6) is 0 Å². The van der Waals surface area contributed by atoms with Crippen molar-refractivity contribution in [2.24, 2.45) is 0 Å². The van der Waals surface area contributed by atoms with Crippen molar-refractivity contribution < 1.29 is 0 Å². The van der Waals surface area contributed by atoms with E-state index in [1.807, 2.05) is 42.5 Å². The maximum absolute atomic E-state index is 6.09. The van der Waals surface area contributed by atoms with Crippen LogP contribution in [0.25, 0.3) is 22.3 Å². The number of anilines is 2. The van der Waals surface area contributed by atoms with Gasteiger partial charge < -0.3 is 9.80 Å². The number of benzene rings is 2. The molecule has 2 aliphatic heterocycles. The Labute approximate surface area is 185 Å². The molecule has 0 bridgehead atoms. The number of hydrogen-bond donors (Lipinski definition) is 1. The van der Waals surface area contributed by atoms with Crippen LogP contribution >= 0.6 is 11.6 Å². The lowest BCUT2D eigenvalue weighted by molar-refractivity contribution is 0.708. The highest BCUT2D eigenvalue weighted by molar-refractivity contribution is 6.30. The highest BCUT2D eigenvalue weighted by atomic mass is 35.5. The Balaban J connectivity index is 1.42. The fraction of sp³-hybridized carbons (Fsp3) is 0.292. The summed E-state index contributed by atoms with van der Waals surface area (Å²) in [6.07, 6.45) is 3.32. The van der Waals surface area contributed by atoms with Gasteiger partial charge >= 0.3 is 0 Å². The van der Waals surface area contributed by atoms with Gasteiger partial charge in [0.2, 0.25) is 0 Å². The minimum atomic E-state index is 0.733. The van der Waals surface area contributed by atoms with Crippen LogP contribution < -0.4 is 9.80 Å². The van der Waals surface area contributed by atoms with E-state index in [4.69, 9.17) is 21.6 Å². The van der Waals surface area contributed by atoms with Crippen molar-refractivity contribution in [2.75, 3.05) is 29.4 Å². The zero-order valence-corrected chi connectivity index (χ0v) is 17.9. The van der Waals surface area contributed by atoms with Crippen LogP contribution in [0.2, 0.25) is 5.02 Å². The van der Waals surface area contributed by atoms with Crippen LogP contribution in [0.3, 0.4) is 0 Å². The van der Waals surface area contributed by atoms with Crippen LogP contribution in [-0.2, 0) is 13.0 Å². The molecule has 1 saturated heterocycles. The Kier molecular flexibility index (Phi) is 4.53. The zero-order valence-electron chi connectivity index (χ0n) is 17.2. The second-order valence-corrected chi connectivity index (χ2v) is 8.70. The third kappa shape index (κ3) is 3.31. The number of rotatable bonds is 3. The maximum atomic E-state index is 6.09. The number of nitrogens with one attached hydrogen (secondary N) is 1. The number of nitrogens with zero attached hydrogens (tertiary/aromatic N) is 5. The molecule has 6 nitrogen and oxygen atoms in total. The molecule has 7 heteroatoms. The third-order valence-electron chi connectivity index (χ3n) is 6.29. The van der Waals surface area contributed by atoms with Gasteiger partial charge in [0.1, 0.15) is 0 Å². The SMILES string of the molecule is Clc1ccc(-c2n[nH]c3c2CN(c2nc4ccccc4nc2N2CCCC2)CC3)cc1. The van der Waals surface area contributed by atoms with Gasteiger partial charge in [-0.25, -0.2) is 9.97 Å². The minimum absolute atomic E-state index is 0.733. The van der Waals surface area contributed by atoms with E-state index in [2.05, 4.69) is 26.1 Å². The van der Waals surface area contributed by atoms with Gasteiger partial charge in [0.15, 0.2) is 11.6 Å². The normalized spacial score (nSPS) is 16.2. The number of aromatic nitrogens is 4. The van der Waals surface area contributed by atoms with Gasteiger partial charge in [-0.15, -0.1) is 0 Å². The van der Waals surface area contributed by atoms with E-state index >= 15 is 0 Å². The van der Waals surface area contributed by atoms with Crippen molar-refractivity contribution in [3.8, 4) is 11.3 Å². The summed E-state index contributed by atoms with van der Waals surface area (Å²) in [4.78, 5) is 14.9. The van der Waals surface area contributed by atoms with Gasteiger partial charge in [-0.2, -0.15) is 5.10 Å². The molecule has 6 rings (SSSR count). The molecule has 156 valence electrons. The number of H-pyrrole nitrogens is 1. The van der Waals surface area contributed by atoms with Crippen molar-refractivity contribution in [2.45, 2.75) is 25.8 Å². The smallest absolute Gasteiger partial charge is 0.172 e. The first kappa shape index (κ1) is 18.6. The van der Waals surface area contributed by atoms with Crippen LogP contribution in [0.4, 0.5) is 11.6 Å². The van der Waals surface area contributed by atoms with Crippen molar-refractivity contribution in [1.29, 1.82) is 0 Å². The van der Waals surface area contributed by atoms with Gasteiger partial charge in [-0.3, -0.25) is 5.10 Å². The summed E-state index contributed by atoms with van der Waals surface area (Å²) in [5.74, 6) is 1.99. The Hall–Kier alpha value is -3.12. The Morgan fingerprint density at radius 3 is 2.19 bits per heavy atom. The second-order valence-electron chi connectivity index (χ2n) is 8.26. The van der Waals surface area contributed by atoms with Crippen LogP contribution in [0.15, 0.2) is 48.5 Å². The van der Waals surface area contributed by atoms with Gasteiger partial charge in [0.25, 0.3) is 0 Å². The summed E-state index contributed by atoms with van der Waals surface area (Å²) in [6, 6.07) is 16.0. The molecule has 0 atom stereocenters. The summed E-state index contributed by atoms with van der Waals surface area (Å²) in [5.41, 5.74) is 6.40. The van der Waals surface area contributed by atoms with Crippen molar-refractivity contribution in [1.82, 2.24) is 20.2 Å². The molecule has 0 spiro atoms. The molecule has 2 aromatic heterocycles. The van der Waals surface area contributed by atoms with Crippen LogP contribution in [0.1, 0.15) is 24.1 Å². The highest BCUT2D eigenvalue weighted by Gasteiger charge is 2.28. The largest absolute Gasteiger partial charge is 0.354 e. The first-order valence-electron chi connectivity index (χ1n) is 10.8. The maximum Gasteiger partial charge on any atom is 0.172 e. The molecule has 2 aliphatic rings. The summed E-state index contributed by atoms with van der Waals surface area (Å²) in [6.45, 7) is 3.74. The van der Waals surface area contributed by atoms with E-state index in [1.54, 1.807) is 0 Å². The monoisotopic (exact) mass is 430 g/mol. The first-order valence-corrected chi connectivity index (χ1v) is 11.2. The molecule has 4 aromatic rings. The average Bonchev–Trinajstić information content (AvgIpc) is 3.49. The quantitative estimate of drug-likeness (QED) is 0.504. The van der Waals surface area contributed by atoms with E-state index in [0.717, 1.165) is 71.5 Å². The number of fused-ring (bicyclic) bond motifs is 2. The number of halogens is 1. The molecule has 2 aromatic carbocycles. The molecule has 0 saturated carbocycles. The number of para-hydroxylation sites is 2. The van der Waals surface area contributed by atoms with Crippen LogP contribution in [-0.4, -0.2) is 39.8 Å². The molecule has 0 radical (unpaired) electrons. The lowest BCUT2D eigenvalue weighted by atomic mass is 10.0. The fourth-order valence-corrected chi connectivity index (χ4v) is 4.78. The highest BCUT2D eigenvalue weighted by Crippen LogP contribution is 2.35. The predicted molar refractivity (Wildman–Crippen MR) is 125 cm³/mol. The second kappa shape index (κ2) is 7.54. The molecule has 1 N–H and O–H groups in total. The molecular formula is C24H23ClN6. The van der Waals surface area contributed by atoms with Gasteiger partial charge in [0, 0.05) is 54.4 Å². The number of aromatic amines is 1. The van der Waals surface area contributed by atoms with Gasteiger partial charge in [0.05, 0.1) is 16.7 Å². The molecule has 0 amide bonds. The van der Waals surface area contributed by atoms with Crippen molar-refractivity contribution >= 4 is 34.3 Å². The molecule has 0 aliphatic carbocycles. The summed E-state index contributed by atoms with van der Waals surface area (Å²) in [7, 11) is 0. The lowest BCUT2D eigenvalue weighted by Gasteiger charge is -2.31. The van der Waals surface area contributed by atoms with Gasteiger partial charge in [-0.1, -0.05) is 35.9 Å². The standard InChI is InChI=1S/C24H23ClN6/c25-17-9-7-16(8-10-17)22-18-15-31(14-11-19(18)28-29-22)24-23(30-12-3-4-13-30)26-20-5-1-2-6-21(20)27-24/h1-2,5-10H,3-4,11-15H2,(H,28,29). The molecule has 0 unspecified atom stereocenters.